The minimum atomic E-state index is -0.746. The first-order valence-corrected chi connectivity index (χ1v) is 5.65. The fraction of sp³-hybridized carbons (Fsp3) is 0.0769. The summed E-state index contributed by atoms with van der Waals surface area (Å²) in [6.45, 7) is 1.77. The first-order valence-electron chi connectivity index (χ1n) is 5.65. The smallest absolute Gasteiger partial charge is 0.271 e. The van der Waals surface area contributed by atoms with Crippen molar-refractivity contribution >= 4 is 17.3 Å². The Bertz CT molecular complexity index is 671. The molecule has 0 aliphatic rings. The van der Waals surface area contributed by atoms with Crippen LogP contribution in [0.25, 0.3) is 0 Å². The fourth-order valence-electron chi connectivity index (χ4n) is 1.52. The van der Waals surface area contributed by atoms with Crippen LogP contribution in [0.5, 0.6) is 0 Å². The summed E-state index contributed by atoms with van der Waals surface area (Å²) in [7, 11) is 0. The third-order valence-corrected chi connectivity index (χ3v) is 2.58. The monoisotopic (exact) mass is 275 g/mol. The Hall–Kier alpha value is -2.83. The summed E-state index contributed by atoms with van der Waals surface area (Å²) >= 11 is 0. The van der Waals surface area contributed by atoms with Gasteiger partial charge in [-0.1, -0.05) is 0 Å². The standard InChI is InChI=1S/C13H10FN3O3/c1-8-2-3-9(7-15-8)13(18)16-12-6-10(17(19)20)4-5-11(12)14/h2-7H,1H3,(H,16,18). The molecule has 1 aromatic carbocycles. The molecule has 0 saturated carbocycles. The van der Waals surface area contributed by atoms with Crippen LogP contribution in [0.3, 0.4) is 0 Å². The number of hydrogen-bond acceptors (Lipinski definition) is 4. The van der Waals surface area contributed by atoms with Gasteiger partial charge in [0.15, 0.2) is 0 Å². The Balaban J connectivity index is 2.25. The van der Waals surface area contributed by atoms with Crippen LogP contribution in [-0.4, -0.2) is 15.8 Å². The predicted molar refractivity (Wildman–Crippen MR) is 70.0 cm³/mol. The minimum absolute atomic E-state index is 0.238. The number of benzene rings is 1. The maximum absolute atomic E-state index is 13.5. The summed E-state index contributed by atoms with van der Waals surface area (Å²) in [6.07, 6.45) is 1.35. The first-order chi connectivity index (χ1) is 9.47. The van der Waals surface area contributed by atoms with E-state index in [-0.39, 0.29) is 16.9 Å². The molecule has 0 saturated heterocycles. The number of hydrogen-bond donors (Lipinski definition) is 1. The van der Waals surface area contributed by atoms with E-state index < -0.39 is 16.6 Å². The summed E-state index contributed by atoms with van der Waals surface area (Å²) < 4.78 is 13.5. The van der Waals surface area contributed by atoms with E-state index in [2.05, 4.69) is 10.3 Å². The molecule has 20 heavy (non-hydrogen) atoms. The van der Waals surface area contributed by atoms with Crippen LogP contribution in [0.2, 0.25) is 0 Å². The highest BCUT2D eigenvalue weighted by atomic mass is 19.1. The van der Waals surface area contributed by atoms with Gasteiger partial charge in [0.1, 0.15) is 5.82 Å². The fourth-order valence-corrected chi connectivity index (χ4v) is 1.52. The Kier molecular flexibility index (Phi) is 3.69. The van der Waals surface area contributed by atoms with Gasteiger partial charge in [0, 0.05) is 24.0 Å². The van der Waals surface area contributed by atoms with Crippen LogP contribution in [0.15, 0.2) is 36.5 Å². The van der Waals surface area contributed by atoms with Gasteiger partial charge in [-0.15, -0.1) is 0 Å². The zero-order valence-electron chi connectivity index (χ0n) is 10.5. The van der Waals surface area contributed by atoms with Gasteiger partial charge in [0.2, 0.25) is 0 Å². The number of aromatic nitrogens is 1. The van der Waals surface area contributed by atoms with Crippen LogP contribution in [-0.2, 0) is 0 Å². The van der Waals surface area contributed by atoms with Gasteiger partial charge < -0.3 is 5.32 Å². The highest BCUT2D eigenvalue weighted by molar-refractivity contribution is 6.04. The van der Waals surface area contributed by atoms with E-state index in [0.29, 0.717) is 0 Å². The van der Waals surface area contributed by atoms with Crippen molar-refractivity contribution in [3.63, 3.8) is 0 Å². The number of nitrogens with one attached hydrogen (secondary N) is 1. The highest BCUT2D eigenvalue weighted by Gasteiger charge is 2.14. The van der Waals surface area contributed by atoms with Crippen LogP contribution in [0, 0.1) is 22.9 Å². The zero-order valence-corrected chi connectivity index (χ0v) is 10.5. The van der Waals surface area contributed by atoms with Crippen LogP contribution in [0.1, 0.15) is 16.1 Å². The number of carbonyl (C=O) groups is 1. The van der Waals surface area contributed by atoms with Crippen molar-refractivity contribution < 1.29 is 14.1 Å². The van der Waals surface area contributed by atoms with Crippen molar-refractivity contribution in [1.29, 1.82) is 0 Å². The normalized spacial score (nSPS) is 10.1. The number of nitro benzene ring substituents is 1. The number of anilines is 1. The zero-order chi connectivity index (χ0) is 14.7. The van der Waals surface area contributed by atoms with E-state index in [9.17, 15) is 19.3 Å². The Morgan fingerprint density at radius 1 is 1.35 bits per heavy atom. The maximum atomic E-state index is 13.5. The molecule has 2 aromatic rings. The van der Waals surface area contributed by atoms with Crippen molar-refractivity contribution in [1.82, 2.24) is 4.98 Å². The van der Waals surface area contributed by atoms with Gasteiger partial charge in [-0.3, -0.25) is 19.9 Å². The molecule has 0 unspecified atom stereocenters. The molecular weight excluding hydrogens is 265 g/mol. The molecule has 1 amide bonds. The molecule has 0 aliphatic carbocycles. The molecule has 0 atom stereocenters. The van der Waals surface area contributed by atoms with Gasteiger partial charge in [-0.2, -0.15) is 0 Å². The molecule has 0 radical (unpaired) electrons. The Morgan fingerprint density at radius 3 is 2.70 bits per heavy atom. The third-order valence-electron chi connectivity index (χ3n) is 2.58. The molecule has 7 heteroatoms. The molecule has 6 nitrogen and oxygen atoms in total. The van der Waals surface area contributed by atoms with Gasteiger partial charge in [-0.25, -0.2) is 4.39 Å². The molecular formula is C13H10FN3O3. The van der Waals surface area contributed by atoms with E-state index >= 15 is 0 Å². The predicted octanol–water partition coefficient (Wildman–Crippen LogP) is 2.69. The molecule has 1 heterocycles. The van der Waals surface area contributed by atoms with Gasteiger partial charge in [-0.05, 0) is 25.1 Å². The lowest BCUT2D eigenvalue weighted by molar-refractivity contribution is -0.384. The molecule has 0 fully saturated rings. The van der Waals surface area contributed by atoms with E-state index in [4.69, 9.17) is 0 Å². The van der Waals surface area contributed by atoms with Gasteiger partial charge >= 0.3 is 0 Å². The first kappa shape index (κ1) is 13.6. The lowest BCUT2D eigenvalue weighted by atomic mass is 10.2. The van der Waals surface area contributed by atoms with Crippen molar-refractivity contribution in [2.24, 2.45) is 0 Å². The number of rotatable bonds is 3. The molecule has 0 spiro atoms. The molecule has 0 aliphatic heterocycles. The number of amides is 1. The summed E-state index contributed by atoms with van der Waals surface area (Å²) in [5.74, 6) is -1.33. The van der Waals surface area contributed by atoms with E-state index in [1.54, 1.807) is 13.0 Å². The Labute approximate surface area is 113 Å². The molecule has 0 bridgehead atoms. The number of pyridine rings is 1. The van der Waals surface area contributed by atoms with Crippen molar-refractivity contribution in [2.45, 2.75) is 6.92 Å². The van der Waals surface area contributed by atoms with Crippen LogP contribution >= 0.6 is 0 Å². The van der Waals surface area contributed by atoms with E-state index in [0.717, 1.165) is 23.9 Å². The lowest BCUT2D eigenvalue weighted by Gasteiger charge is -2.06. The van der Waals surface area contributed by atoms with E-state index in [1.807, 2.05) is 0 Å². The Morgan fingerprint density at radius 2 is 2.10 bits per heavy atom. The van der Waals surface area contributed by atoms with Gasteiger partial charge in [0.05, 0.1) is 16.2 Å². The van der Waals surface area contributed by atoms with Crippen molar-refractivity contribution in [3.05, 3.63) is 63.7 Å². The SMILES string of the molecule is Cc1ccc(C(=O)Nc2cc([N+](=O)[O-])ccc2F)cn1. The summed E-state index contributed by atoms with van der Waals surface area (Å²) in [5.41, 5.74) is 0.429. The number of halogens is 1. The second-order valence-electron chi connectivity index (χ2n) is 4.06. The molecule has 1 N–H and O–H groups in total. The largest absolute Gasteiger partial charge is 0.319 e. The maximum Gasteiger partial charge on any atom is 0.271 e. The van der Waals surface area contributed by atoms with Crippen molar-refractivity contribution in [3.8, 4) is 0 Å². The number of non-ortho nitro benzene ring substituents is 1. The average molecular weight is 275 g/mol. The quantitative estimate of drug-likeness (QED) is 0.689. The topological polar surface area (TPSA) is 85.1 Å². The number of aryl methyl sites for hydroxylation is 1. The lowest BCUT2D eigenvalue weighted by Crippen LogP contribution is -2.13. The van der Waals surface area contributed by atoms with Crippen LogP contribution in [0.4, 0.5) is 15.8 Å². The number of carbonyl (C=O) groups excluding carboxylic acids is 1. The second-order valence-corrected chi connectivity index (χ2v) is 4.06. The van der Waals surface area contributed by atoms with E-state index in [1.165, 1.54) is 12.3 Å². The number of nitro groups is 1. The molecule has 102 valence electrons. The molecule has 2 rings (SSSR count). The summed E-state index contributed by atoms with van der Waals surface area (Å²) in [5, 5.41) is 12.9. The molecule has 1 aromatic heterocycles. The van der Waals surface area contributed by atoms with Gasteiger partial charge in [0.25, 0.3) is 11.6 Å². The average Bonchev–Trinajstić information content (AvgIpc) is 2.41. The van der Waals surface area contributed by atoms with Crippen molar-refractivity contribution in [2.75, 3.05) is 5.32 Å². The summed E-state index contributed by atoms with van der Waals surface area (Å²) in [6, 6.07) is 6.10. The number of nitrogens with zero attached hydrogens (tertiary/aromatic N) is 2. The van der Waals surface area contributed by atoms with Crippen LogP contribution < -0.4 is 5.32 Å². The second kappa shape index (κ2) is 5.43. The third kappa shape index (κ3) is 2.94. The summed E-state index contributed by atoms with van der Waals surface area (Å²) in [4.78, 5) is 25.8. The minimum Gasteiger partial charge on any atom is -0.319 e. The highest BCUT2D eigenvalue weighted by Crippen LogP contribution is 2.21.